The van der Waals surface area contributed by atoms with Crippen molar-refractivity contribution in [1.82, 2.24) is 10.2 Å². The van der Waals surface area contributed by atoms with Gasteiger partial charge in [0.15, 0.2) is 0 Å². The number of nitrogens with zero attached hydrogens (tertiary/aromatic N) is 1. The van der Waals surface area contributed by atoms with Crippen LogP contribution in [0.1, 0.15) is 54.1 Å². The number of hydrogen-bond donors (Lipinski definition) is 2. The topological polar surface area (TPSA) is 71.0 Å². The van der Waals surface area contributed by atoms with Crippen molar-refractivity contribution in [3.8, 4) is 11.5 Å². The van der Waals surface area contributed by atoms with Crippen molar-refractivity contribution in [2.24, 2.45) is 0 Å². The van der Waals surface area contributed by atoms with Crippen LogP contribution in [0.3, 0.4) is 0 Å². The van der Waals surface area contributed by atoms with Gasteiger partial charge >= 0.3 is 0 Å². The van der Waals surface area contributed by atoms with E-state index in [0.29, 0.717) is 25.1 Å². The molecular formula is C25H34N2O4. The molecule has 2 N–H and O–H groups in total. The lowest BCUT2D eigenvalue weighted by atomic mass is 10.0. The van der Waals surface area contributed by atoms with E-state index in [4.69, 9.17) is 9.47 Å². The smallest absolute Gasteiger partial charge is 0.255 e. The molecule has 1 heterocycles. The molecule has 1 fully saturated rings. The lowest BCUT2D eigenvalue weighted by Gasteiger charge is -2.31. The number of aromatic hydroxyl groups is 1. The molecule has 0 atom stereocenters. The number of rotatable bonds is 9. The van der Waals surface area contributed by atoms with Crippen molar-refractivity contribution in [1.29, 1.82) is 0 Å². The summed E-state index contributed by atoms with van der Waals surface area (Å²) in [6.45, 7) is 7.60. The van der Waals surface area contributed by atoms with Crippen LogP contribution >= 0.6 is 0 Å². The molecule has 1 amide bonds. The second-order valence-corrected chi connectivity index (χ2v) is 8.43. The van der Waals surface area contributed by atoms with Crippen molar-refractivity contribution < 1.29 is 19.4 Å². The minimum Gasteiger partial charge on any atom is -0.507 e. The molecule has 0 aromatic heterocycles. The van der Waals surface area contributed by atoms with E-state index < -0.39 is 0 Å². The third-order valence-electron chi connectivity index (χ3n) is 5.81. The molecule has 2 aromatic carbocycles. The summed E-state index contributed by atoms with van der Waals surface area (Å²) in [7, 11) is 2.13. The van der Waals surface area contributed by atoms with Gasteiger partial charge in [0.2, 0.25) is 0 Å². The highest BCUT2D eigenvalue weighted by molar-refractivity contribution is 5.96. The highest BCUT2D eigenvalue weighted by atomic mass is 16.5. The molecule has 0 aliphatic carbocycles. The largest absolute Gasteiger partial charge is 0.507 e. The average Bonchev–Trinajstić information content (AvgIpc) is 2.78. The molecular weight excluding hydrogens is 392 g/mol. The molecule has 2 aromatic rings. The third kappa shape index (κ3) is 6.71. The van der Waals surface area contributed by atoms with Crippen molar-refractivity contribution in [2.45, 2.75) is 45.2 Å². The minimum absolute atomic E-state index is 0.00873. The van der Waals surface area contributed by atoms with E-state index in [-0.39, 0.29) is 17.2 Å². The van der Waals surface area contributed by atoms with Gasteiger partial charge in [-0.2, -0.15) is 0 Å². The second-order valence-electron chi connectivity index (χ2n) is 8.43. The van der Waals surface area contributed by atoms with E-state index in [1.807, 2.05) is 44.2 Å². The van der Waals surface area contributed by atoms with Crippen molar-refractivity contribution in [3.05, 3.63) is 59.2 Å². The van der Waals surface area contributed by atoms with Crippen molar-refractivity contribution in [2.75, 3.05) is 33.4 Å². The zero-order valence-electron chi connectivity index (χ0n) is 18.8. The SMILES string of the molecule is CC(C)c1ccc(C(=O)NCc2cccc(OCCN(C)C3CCOCC3)c2)c(O)c1. The average molecular weight is 427 g/mol. The Morgan fingerprint density at radius 3 is 2.71 bits per heavy atom. The number of likely N-dealkylation sites (N-methyl/N-ethyl adjacent to an activating group) is 1. The normalized spacial score (nSPS) is 14.7. The Balaban J connectivity index is 1.48. The van der Waals surface area contributed by atoms with Gasteiger partial charge < -0.3 is 19.9 Å². The second kappa shape index (κ2) is 11.2. The molecule has 3 rings (SSSR count). The summed E-state index contributed by atoms with van der Waals surface area (Å²) in [5, 5.41) is 13.1. The maximum absolute atomic E-state index is 12.5. The van der Waals surface area contributed by atoms with Crippen LogP contribution in [-0.2, 0) is 11.3 Å². The van der Waals surface area contributed by atoms with Crippen LogP contribution in [0.2, 0.25) is 0 Å². The Hall–Kier alpha value is -2.57. The number of amides is 1. The molecule has 1 saturated heterocycles. The van der Waals surface area contributed by atoms with E-state index in [1.54, 1.807) is 12.1 Å². The predicted octanol–water partition coefficient (Wildman–Crippen LogP) is 3.94. The van der Waals surface area contributed by atoms with Gasteiger partial charge in [-0.05, 0) is 61.2 Å². The van der Waals surface area contributed by atoms with Crippen LogP contribution in [0.4, 0.5) is 0 Å². The third-order valence-corrected chi connectivity index (χ3v) is 5.81. The van der Waals surface area contributed by atoms with Gasteiger partial charge in [0, 0.05) is 32.3 Å². The standard InChI is InChI=1S/C25H34N2O4/c1-18(2)20-7-8-23(24(28)16-20)25(29)26-17-19-5-4-6-22(15-19)31-14-11-27(3)21-9-12-30-13-10-21/h4-8,15-16,18,21,28H,9-14,17H2,1-3H3,(H,26,29). The zero-order chi connectivity index (χ0) is 22.2. The molecule has 0 radical (unpaired) electrons. The number of carbonyl (C=O) groups excluding carboxylic acids is 1. The van der Waals surface area contributed by atoms with Crippen LogP contribution in [0, 0.1) is 0 Å². The Bertz CT molecular complexity index is 862. The van der Waals surface area contributed by atoms with Gasteiger partial charge in [0.25, 0.3) is 5.91 Å². The van der Waals surface area contributed by atoms with Crippen molar-refractivity contribution in [3.63, 3.8) is 0 Å². The number of ether oxygens (including phenoxy) is 2. The van der Waals surface area contributed by atoms with Gasteiger partial charge in [-0.25, -0.2) is 0 Å². The Morgan fingerprint density at radius 2 is 2.00 bits per heavy atom. The first-order chi connectivity index (χ1) is 14.9. The summed E-state index contributed by atoms with van der Waals surface area (Å²) in [6, 6.07) is 13.5. The molecule has 6 nitrogen and oxygen atoms in total. The minimum atomic E-state index is -0.294. The quantitative estimate of drug-likeness (QED) is 0.636. The van der Waals surface area contributed by atoms with Gasteiger partial charge in [-0.3, -0.25) is 9.69 Å². The summed E-state index contributed by atoms with van der Waals surface area (Å²) in [6.07, 6.45) is 2.14. The summed E-state index contributed by atoms with van der Waals surface area (Å²) >= 11 is 0. The molecule has 168 valence electrons. The highest BCUT2D eigenvalue weighted by Crippen LogP contribution is 2.24. The lowest BCUT2D eigenvalue weighted by molar-refractivity contribution is 0.0392. The molecule has 0 spiro atoms. The van der Waals surface area contributed by atoms with Crippen LogP contribution in [0.5, 0.6) is 11.5 Å². The van der Waals surface area contributed by atoms with Crippen LogP contribution in [0.15, 0.2) is 42.5 Å². The van der Waals surface area contributed by atoms with Crippen molar-refractivity contribution >= 4 is 5.91 Å². The Labute approximate surface area is 185 Å². The number of benzene rings is 2. The van der Waals surface area contributed by atoms with E-state index in [0.717, 1.165) is 49.5 Å². The van der Waals surface area contributed by atoms with E-state index in [1.165, 1.54) is 0 Å². The molecule has 1 aliphatic rings. The fraction of sp³-hybridized carbons (Fsp3) is 0.480. The number of nitrogens with one attached hydrogen (secondary N) is 1. The maximum atomic E-state index is 12.5. The number of carbonyl (C=O) groups is 1. The van der Waals surface area contributed by atoms with E-state index in [2.05, 4.69) is 17.3 Å². The van der Waals surface area contributed by atoms with E-state index >= 15 is 0 Å². The number of phenols is 1. The molecule has 1 aliphatic heterocycles. The predicted molar refractivity (Wildman–Crippen MR) is 122 cm³/mol. The molecule has 6 heteroatoms. The fourth-order valence-electron chi connectivity index (χ4n) is 3.74. The van der Waals surface area contributed by atoms with Gasteiger partial charge in [0.05, 0.1) is 5.56 Å². The first-order valence-electron chi connectivity index (χ1n) is 11.0. The molecule has 0 bridgehead atoms. The fourth-order valence-corrected chi connectivity index (χ4v) is 3.74. The summed E-state index contributed by atoms with van der Waals surface area (Å²) in [5.74, 6) is 0.796. The van der Waals surface area contributed by atoms with Crippen LogP contribution < -0.4 is 10.1 Å². The first kappa shape index (κ1) is 23.1. The molecule has 0 saturated carbocycles. The van der Waals surface area contributed by atoms with Gasteiger partial charge in [-0.1, -0.05) is 32.0 Å². The Kier molecular flexibility index (Phi) is 8.32. The lowest BCUT2D eigenvalue weighted by Crippen LogP contribution is -2.38. The number of phenolic OH excluding ortho intramolecular Hbond substituents is 1. The van der Waals surface area contributed by atoms with Crippen LogP contribution in [-0.4, -0.2) is 55.4 Å². The van der Waals surface area contributed by atoms with Gasteiger partial charge in [0.1, 0.15) is 18.1 Å². The number of hydrogen-bond acceptors (Lipinski definition) is 5. The zero-order valence-corrected chi connectivity index (χ0v) is 18.8. The summed E-state index contributed by atoms with van der Waals surface area (Å²) < 4.78 is 11.4. The van der Waals surface area contributed by atoms with E-state index in [9.17, 15) is 9.90 Å². The maximum Gasteiger partial charge on any atom is 0.255 e. The molecule has 31 heavy (non-hydrogen) atoms. The van der Waals surface area contributed by atoms with Crippen LogP contribution in [0.25, 0.3) is 0 Å². The molecule has 0 unspecified atom stereocenters. The first-order valence-corrected chi connectivity index (χ1v) is 11.0. The van der Waals surface area contributed by atoms with Gasteiger partial charge in [-0.15, -0.1) is 0 Å². The summed E-state index contributed by atoms with van der Waals surface area (Å²) in [5.41, 5.74) is 2.23. The highest BCUT2D eigenvalue weighted by Gasteiger charge is 2.18. The monoisotopic (exact) mass is 426 g/mol. The summed E-state index contributed by atoms with van der Waals surface area (Å²) in [4.78, 5) is 14.8. The Morgan fingerprint density at radius 1 is 1.23 bits per heavy atom.